The van der Waals surface area contributed by atoms with Crippen LogP contribution in [0.2, 0.25) is 0 Å². The van der Waals surface area contributed by atoms with Crippen molar-refractivity contribution in [1.82, 2.24) is 15.5 Å². The molecule has 1 aliphatic heterocycles. The first-order valence-electron chi connectivity index (χ1n) is 6.65. The van der Waals surface area contributed by atoms with Crippen molar-refractivity contribution < 1.29 is 24.3 Å². The molecular weight excluding hydrogens is 278 g/mol. The van der Waals surface area contributed by atoms with Crippen molar-refractivity contribution in [3.63, 3.8) is 0 Å². The number of carbonyl (C=O) groups excluding carboxylic acids is 3. The third kappa shape index (κ3) is 4.44. The van der Waals surface area contributed by atoms with Crippen LogP contribution in [0.3, 0.4) is 0 Å². The van der Waals surface area contributed by atoms with E-state index in [0.717, 1.165) is 4.90 Å². The van der Waals surface area contributed by atoms with Gasteiger partial charge in [-0.25, -0.2) is 4.79 Å². The van der Waals surface area contributed by atoms with Crippen molar-refractivity contribution in [2.24, 2.45) is 5.41 Å². The zero-order valence-corrected chi connectivity index (χ0v) is 12.6. The summed E-state index contributed by atoms with van der Waals surface area (Å²) in [7, 11) is 0. The van der Waals surface area contributed by atoms with Crippen LogP contribution < -0.4 is 10.6 Å². The van der Waals surface area contributed by atoms with E-state index in [1.807, 2.05) is 0 Å². The molecule has 8 heteroatoms. The first kappa shape index (κ1) is 16.9. The Morgan fingerprint density at radius 1 is 1.43 bits per heavy atom. The van der Waals surface area contributed by atoms with Crippen LogP contribution in [0.4, 0.5) is 4.79 Å². The van der Waals surface area contributed by atoms with Gasteiger partial charge in [-0.3, -0.25) is 19.7 Å². The number of imide groups is 1. The van der Waals surface area contributed by atoms with Gasteiger partial charge in [-0.05, 0) is 12.3 Å². The molecule has 1 aliphatic rings. The van der Waals surface area contributed by atoms with Crippen LogP contribution in [0.5, 0.6) is 0 Å². The van der Waals surface area contributed by atoms with Crippen molar-refractivity contribution in [1.29, 1.82) is 0 Å². The number of piperazine rings is 1. The van der Waals surface area contributed by atoms with Crippen LogP contribution in [-0.2, 0) is 14.4 Å². The average molecular weight is 299 g/mol. The van der Waals surface area contributed by atoms with Gasteiger partial charge in [-0.2, -0.15) is 0 Å². The second-order valence-corrected chi connectivity index (χ2v) is 6.18. The van der Waals surface area contributed by atoms with Crippen LogP contribution in [0.25, 0.3) is 0 Å². The molecule has 21 heavy (non-hydrogen) atoms. The van der Waals surface area contributed by atoms with Gasteiger partial charge in [-0.1, -0.05) is 20.8 Å². The highest BCUT2D eigenvalue weighted by molar-refractivity contribution is 6.03. The Bertz CT molecular complexity index is 469. The molecular formula is C13H21N3O5. The minimum atomic E-state index is -1.03. The lowest BCUT2D eigenvalue weighted by atomic mass is 9.85. The maximum atomic E-state index is 12.2. The number of nitrogens with one attached hydrogen (secondary N) is 2. The Morgan fingerprint density at radius 3 is 2.48 bits per heavy atom. The van der Waals surface area contributed by atoms with Crippen molar-refractivity contribution in [2.45, 2.75) is 46.2 Å². The topological polar surface area (TPSA) is 116 Å². The number of carboxylic acid groups (broad SMARTS) is 1. The van der Waals surface area contributed by atoms with Gasteiger partial charge in [0.2, 0.25) is 11.8 Å². The second kappa shape index (κ2) is 6.11. The van der Waals surface area contributed by atoms with E-state index in [1.165, 1.54) is 6.92 Å². The first-order valence-corrected chi connectivity index (χ1v) is 6.65. The fourth-order valence-corrected chi connectivity index (χ4v) is 1.94. The van der Waals surface area contributed by atoms with Gasteiger partial charge in [0.1, 0.15) is 12.6 Å². The summed E-state index contributed by atoms with van der Waals surface area (Å²) in [6.45, 7) is 6.68. The predicted molar refractivity (Wildman–Crippen MR) is 73.3 cm³/mol. The highest BCUT2D eigenvalue weighted by Gasteiger charge is 2.36. The molecule has 3 N–H and O–H groups in total. The van der Waals surface area contributed by atoms with Crippen LogP contribution in [0.15, 0.2) is 0 Å². The number of rotatable bonds is 3. The SMILES string of the molecule is CC1C(=O)NC(=O)CN1C(=O)NC(CC(=O)O)C(C)(C)C. The number of amides is 4. The van der Waals surface area contributed by atoms with Crippen molar-refractivity contribution in [3.05, 3.63) is 0 Å². The van der Waals surface area contributed by atoms with Gasteiger partial charge in [0.15, 0.2) is 0 Å². The fraction of sp³-hybridized carbons (Fsp3) is 0.692. The van der Waals surface area contributed by atoms with Crippen LogP contribution >= 0.6 is 0 Å². The molecule has 8 nitrogen and oxygen atoms in total. The monoisotopic (exact) mass is 299 g/mol. The molecule has 1 fully saturated rings. The molecule has 0 saturated carbocycles. The molecule has 1 saturated heterocycles. The van der Waals surface area contributed by atoms with E-state index in [-0.39, 0.29) is 13.0 Å². The van der Waals surface area contributed by atoms with E-state index in [0.29, 0.717) is 0 Å². The molecule has 4 amide bonds. The lowest BCUT2D eigenvalue weighted by Crippen LogP contribution is -2.62. The molecule has 0 aromatic carbocycles. The minimum absolute atomic E-state index is 0.233. The number of hydrogen-bond acceptors (Lipinski definition) is 4. The maximum Gasteiger partial charge on any atom is 0.318 e. The average Bonchev–Trinajstić information content (AvgIpc) is 2.31. The molecule has 2 unspecified atom stereocenters. The molecule has 0 aromatic rings. The van der Waals surface area contributed by atoms with Crippen LogP contribution in [0, 0.1) is 5.41 Å². The molecule has 1 rings (SSSR count). The van der Waals surface area contributed by atoms with Crippen LogP contribution in [0.1, 0.15) is 34.1 Å². The zero-order chi connectivity index (χ0) is 16.4. The standard InChI is InChI=1S/C13H21N3O5/c1-7-11(20)15-9(17)6-16(7)12(21)14-8(5-10(18)19)13(2,3)4/h7-8H,5-6H2,1-4H3,(H,14,21)(H,18,19)(H,15,17,20). The summed E-state index contributed by atoms with van der Waals surface area (Å²) in [6.07, 6.45) is -0.238. The highest BCUT2D eigenvalue weighted by Crippen LogP contribution is 2.22. The molecule has 1 heterocycles. The van der Waals surface area contributed by atoms with Gasteiger partial charge in [0, 0.05) is 6.04 Å². The van der Waals surface area contributed by atoms with Gasteiger partial charge in [-0.15, -0.1) is 0 Å². The largest absolute Gasteiger partial charge is 0.481 e. The highest BCUT2D eigenvalue weighted by atomic mass is 16.4. The van der Waals surface area contributed by atoms with E-state index in [2.05, 4.69) is 10.6 Å². The molecule has 0 aromatic heterocycles. The van der Waals surface area contributed by atoms with E-state index in [1.54, 1.807) is 20.8 Å². The number of hydrogen-bond donors (Lipinski definition) is 3. The number of aliphatic carboxylic acids is 1. The molecule has 118 valence electrons. The first-order chi connectivity index (χ1) is 9.52. The van der Waals surface area contributed by atoms with Crippen LogP contribution in [-0.4, -0.2) is 52.4 Å². The Hall–Kier alpha value is -2.12. The number of carboxylic acids is 1. The number of nitrogens with zero attached hydrogens (tertiary/aromatic N) is 1. The maximum absolute atomic E-state index is 12.2. The fourth-order valence-electron chi connectivity index (χ4n) is 1.94. The molecule has 0 spiro atoms. The van der Waals surface area contributed by atoms with E-state index in [9.17, 15) is 19.2 Å². The van der Waals surface area contributed by atoms with E-state index >= 15 is 0 Å². The molecule has 0 bridgehead atoms. The quantitative estimate of drug-likeness (QED) is 0.631. The van der Waals surface area contributed by atoms with E-state index < -0.39 is 41.3 Å². The molecule has 2 atom stereocenters. The summed E-state index contributed by atoms with van der Waals surface area (Å²) in [5, 5.41) is 13.7. The zero-order valence-electron chi connectivity index (χ0n) is 12.6. The lowest BCUT2D eigenvalue weighted by Gasteiger charge is -2.36. The molecule has 0 aliphatic carbocycles. The van der Waals surface area contributed by atoms with Crippen molar-refractivity contribution in [3.8, 4) is 0 Å². The van der Waals surface area contributed by atoms with Gasteiger partial charge in [0.05, 0.1) is 6.42 Å². The van der Waals surface area contributed by atoms with Gasteiger partial charge < -0.3 is 15.3 Å². The summed E-state index contributed by atoms with van der Waals surface area (Å²) < 4.78 is 0. The number of carbonyl (C=O) groups is 4. The molecule has 0 radical (unpaired) electrons. The Balaban J connectivity index is 2.83. The van der Waals surface area contributed by atoms with Crippen molar-refractivity contribution >= 4 is 23.8 Å². The second-order valence-electron chi connectivity index (χ2n) is 6.18. The Kier molecular flexibility index (Phi) is 4.93. The summed E-state index contributed by atoms with van der Waals surface area (Å²) in [4.78, 5) is 47.1. The Labute approximate surface area is 122 Å². The smallest absolute Gasteiger partial charge is 0.318 e. The summed E-state index contributed by atoms with van der Waals surface area (Å²) in [5.41, 5.74) is -0.473. The third-order valence-corrected chi connectivity index (χ3v) is 3.41. The Morgan fingerprint density at radius 2 is 2.00 bits per heavy atom. The summed E-state index contributed by atoms with van der Waals surface area (Å²) >= 11 is 0. The minimum Gasteiger partial charge on any atom is -0.481 e. The van der Waals surface area contributed by atoms with Gasteiger partial charge in [0.25, 0.3) is 0 Å². The predicted octanol–water partition coefficient (Wildman–Crippen LogP) is -0.0677. The normalized spacial score (nSPS) is 20.8. The van der Waals surface area contributed by atoms with Gasteiger partial charge >= 0.3 is 12.0 Å². The third-order valence-electron chi connectivity index (χ3n) is 3.41. The summed E-state index contributed by atoms with van der Waals surface area (Å²) in [6, 6.07) is -2.02. The van der Waals surface area contributed by atoms with Crippen molar-refractivity contribution in [2.75, 3.05) is 6.54 Å². The van der Waals surface area contributed by atoms with E-state index in [4.69, 9.17) is 5.11 Å². The lowest BCUT2D eigenvalue weighted by molar-refractivity contribution is -0.139. The summed E-state index contributed by atoms with van der Waals surface area (Å²) in [5.74, 6) is -2.14. The number of urea groups is 1.